The second-order valence-corrected chi connectivity index (χ2v) is 5.00. The summed E-state index contributed by atoms with van der Waals surface area (Å²) in [6.07, 6.45) is 2.70. The minimum Gasteiger partial charge on any atom is -0.355 e. The molecule has 0 bridgehead atoms. The Kier molecular flexibility index (Phi) is 5.36. The van der Waals surface area contributed by atoms with E-state index in [0.29, 0.717) is 5.56 Å². The highest BCUT2D eigenvalue weighted by atomic mass is 16.1. The third-order valence-electron chi connectivity index (χ3n) is 3.58. The van der Waals surface area contributed by atoms with Gasteiger partial charge in [0.05, 0.1) is 0 Å². The molecule has 4 nitrogen and oxygen atoms in total. The molecule has 19 heavy (non-hydrogen) atoms. The van der Waals surface area contributed by atoms with Gasteiger partial charge in [-0.1, -0.05) is 12.1 Å². The topological polar surface area (TPSA) is 44.4 Å². The van der Waals surface area contributed by atoms with Crippen LogP contribution < -0.4 is 10.6 Å². The minimum atomic E-state index is -0.0338. The van der Waals surface area contributed by atoms with Gasteiger partial charge in [0.25, 0.3) is 5.91 Å². The van der Waals surface area contributed by atoms with Crippen molar-refractivity contribution in [3.8, 4) is 0 Å². The van der Waals surface area contributed by atoms with Gasteiger partial charge in [-0.3, -0.25) is 4.79 Å². The molecule has 1 aliphatic heterocycles. The Morgan fingerprint density at radius 2 is 1.89 bits per heavy atom. The van der Waals surface area contributed by atoms with Crippen LogP contribution in [0.5, 0.6) is 0 Å². The predicted molar refractivity (Wildman–Crippen MR) is 77.2 cm³/mol. The van der Waals surface area contributed by atoms with Crippen molar-refractivity contribution in [3.05, 3.63) is 35.4 Å². The molecule has 0 atom stereocenters. The summed E-state index contributed by atoms with van der Waals surface area (Å²) in [5.41, 5.74) is 1.93. The number of carbonyl (C=O) groups is 1. The number of hydrogen-bond donors (Lipinski definition) is 2. The van der Waals surface area contributed by atoms with Gasteiger partial charge in [0, 0.05) is 32.2 Å². The monoisotopic (exact) mass is 261 g/mol. The smallest absolute Gasteiger partial charge is 0.251 e. The SMILES string of the molecule is CNC(=O)c1ccc(CNCCN2CCCC2)cc1. The first kappa shape index (κ1) is 14.0. The molecule has 0 radical (unpaired) electrons. The zero-order chi connectivity index (χ0) is 13.5. The molecule has 2 N–H and O–H groups in total. The summed E-state index contributed by atoms with van der Waals surface area (Å²) in [7, 11) is 1.65. The standard InChI is InChI=1S/C15H23N3O/c1-16-15(19)14-6-4-13(5-7-14)12-17-8-11-18-9-2-3-10-18/h4-7,17H,2-3,8-12H2,1H3,(H,16,19). The van der Waals surface area contributed by atoms with Gasteiger partial charge in [-0.05, 0) is 43.6 Å². The van der Waals surface area contributed by atoms with Gasteiger partial charge >= 0.3 is 0 Å². The molecule has 1 heterocycles. The van der Waals surface area contributed by atoms with Crippen molar-refractivity contribution in [2.45, 2.75) is 19.4 Å². The van der Waals surface area contributed by atoms with Crippen LogP contribution in [0, 0.1) is 0 Å². The van der Waals surface area contributed by atoms with Gasteiger partial charge in [0.1, 0.15) is 0 Å². The maximum absolute atomic E-state index is 11.4. The van der Waals surface area contributed by atoms with Crippen molar-refractivity contribution < 1.29 is 4.79 Å². The van der Waals surface area contributed by atoms with E-state index in [2.05, 4.69) is 15.5 Å². The summed E-state index contributed by atoms with van der Waals surface area (Å²) in [6.45, 7) is 5.53. The molecule has 104 valence electrons. The number of likely N-dealkylation sites (tertiary alicyclic amines) is 1. The number of carbonyl (C=O) groups excluding carboxylic acids is 1. The molecule has 0 saturated carbocycles. The molecule has 1 saturated heterocycles. The van der Waals surface area contributed by atoms with E-state index in [9.17, 15) is 4.79 Å². The highest BCUT2D eigenvalue weighted by molar-refractivity contribution is 5.93. The fourth-order valence-corrected chi connectivity index (χ4v) is 2.39. The van der Waals surface area contributed by atoms with Gasteiger partial charge in [0.15, 0.2) is 0 Å². The molecular weight excluding hydrogens is 238 g/mol. The summed E-state index contributed by atoms with van der Waals surface area (Å²) < 4.78 is 0. The quantitative estimate of drug-likeness (QED) is 0.757. The Bertz CT molecular complexity index is 396. The highest BCUT2D eigenvalue weighted by Gasteiger charge is 2.09. The second kappa shape index (κ2) is 7.26. The molecule has 1 aromatic carbocycles. The summed E-state index contributed by atoms with van der Waals surface area (Å²) in [5.74, 6) is -0.0338. The maximum atomic E-state index is 11.4. The van der Waals surface area contributed by atoms with Crippen molar-refractivity contribution >= 4 is 5.91 Å². The lowest BCUT2D eigenvalue weighted by molar-refractivity contribution is 0.0963. The first-order valence-corrected chi connectivity index (χ1v) is 7.03. The fraction of sp³-hybridized carbons (Fsp3) is 0.533. The molecule has 0 aromatic heterocycles. The van der Waals surface area contributed by atoms with E-state index < -0.39 is 0 Å². The Hall–Kier alpha value is -1.39. The van der Waals surface area contributed by atoms with Crippen molar-refractivity contribution in [1.29, 1.82) is 0 Å². The Morgan fingerprint density at radius 1 is 1.21 bits per heavy atom. The lowest BCUT2D eigenvalue weighted by Crippen LogP contribution is -2.29. The van der Waals surface area contributed by atoms with Gasteiger partial charge in [-0.25, -0.2) is 0 Å². The normalized spacial score (nSPS) is 15.6. The molecule has 0 unspecified atom stereocenters. The molecule has 1 fully saturated rings. The van der Waals surface area contributed by atoms with Crippen LogP contribution in [-0.2, 0) is 6.54 Å². The van der Waals surface area contributed by atoms with E-state index in [1.807, 2.05) is 24.3 Å². The van der Waals surface area contributed by atoms with Crippen molar-refractivity contribution in [3.63, 3.8) is 0 Å². The molecule has 2 rings (SSSR count). The molecule has 1 aromatic rings. The number of amides is 1. The summed E-state index contributed by atoms with van der Waals surface area (Å²) in [5, 5.41) is 6.07. The van der Waals surface area contributed by atoms with E-state index in [0.717, 1.165) is 19.6 Å². The Labute approximate surface area is 115 Å². The van der Waals surface area contributed by atoms with Gasteiger partial charge in [0.2, 0.25) is 0 Å². The van der Waals surface area contributed by atoms with Gasteiger partial charge in [-0.15, -0.1) is 0 Å². The van der Waals surface area contributed by atoms with Crippen LogP contribution in [0.15, 0.2) is 24.3 Å². The highest BCUT2D eigenvalue weighted by Crippen LogP contribution is 2.06. The van der Waals surface area contributed by atoms with Gasteiger partial charge in [-0.2, -0.15) is 0 Å². The zero-order valence-electron chi connectivity index (χ0n) is 11.6. The van der Waals surface area contributed by atoms with E-state index >= 15 is 0 Å². The van der Waals surface area contributed by atoms with Crippen LogP contribution in [0.4, 0.5) is 0 Å². The van der Waals surface area contributed by atoms with Crippen molar-refractivity contribution in [2.75, 3.05) is 33.2 Å². The van der Waals surface area contributed by atoms with E-state index in [4.69, 9.17) is 0 Å². The lowest BCUT2D eigenvalue weighted by Gasteiger charge is -2.14. The number of nitrogens with zero attached hydrogens (tertiary/aromatic N) is 1. The molecule has 0 spiro atoms. The van der Waals surface area contributed by atoms with E-state index in [1.165, 1.54) is 31.5 Å². The first-order valence-electron chi connectivity index (χ1n) is 7.03. The van der Waals surface area contributed by atoms with Crippen LogP contribution in [-0.4, -0.2) is 44.0 Å². The Morgan fingerprint density at radius 3 is 2.53 bits per heavy atom. The largest absolute Gasteiger partial charge is 0.355 e. The van der Waals surface area contributed by atoms with Crippen LogP contribution in [0.1, 0.15) is 28.8 Å². The molecular formula is C15H23N3O. The molecule has 1 amide bonds. The summed E-state index contributed by atoms with van der Waals surface area (Å²) in [6, 6.07) is 7.76. The summed E-state index contributed by atoms with van der Waals surface area (Å²) >= 11 is 0. The predicted octanol–water partition coefficient (Wildman–Crippen LogP) is 1.23. The molecule has 1 aliphatic rings. The minimum absolute atomic E-state index is 0.0338. The zero-order valence-corrected chi connectivity index (χ0v) is 11.6. The van der Waals surface area contributed by atoms with Crippen molar-refractivity contribution in [2.24, 2.45) is 0 Å². The number of nitrogens with one attached hydrogen (secondary N) is 2. The van der Waals surface area contributed by atoms with Crippen LogP contribution in [0.3, 0.4) is 0 Å². The van der Waals surface area contributed by atoms with Crippen LogP contribution in [0.2, 0.25) is 0 Å². The number of rotatable bonds is 6. The third-order valence-corrected chi connectivity index (χ3v) is 3.58. The van der Waals surface area contributed by atoms with Crippen LogP contribution in [0.25, 0.3) is 0 Å². The van der Waals surface area contributed by atoms with Gasteiger partial charge < -0.3 is 15.5 Å². The number of hydrogen-bond acceptors (Lipinski definition) is 3. The number of benzene rings is 1. The first-order chi connectivity index (χ1) is 9.29. The lowest BCUT2D eigenvalue weighted by atomic mass is 10.1. The van der Waals surface area contributed by atoms with Crippen molar-refractivity contribution in [1.82, 2.24) is 15.5 Å². The second-order valence-electron chi connectivity index (χ2n) is 5.00. The molecule has 0 aliphatic carbocycles. The van der Waals surface area contributed by atoms with Crippen LogP contribution >= 0.6 is 0 Å². The van der Waals surface area contributed by atoms with E-state index in [-0.39, 0.29) is 5.91 Å². The summed E-state index contributed by atoms with van der Waals surface area (Å²) in [4.78, 5) is 13.9. The Balaban J connectivity index is 1.69. The fourth-order valence-electron chi connectivity index (χ4n) is 2.39. The van der Waals surface area contributed by atoms with E-state index in [1.54, 1.807) is 7.05 Å². The maximum Gasteiger partial charge on any atom is 0.251 e. The average molecular weight is 261 g/mol. The third kappa shape index (κ3) is 4.33. The molecule has 4 heteroatoms. The average Bonchev–Trinajstić information content (AvgIpc) is 2.96.